The molecule has 1 amide bonds. The first-order valence-corrected chi connectivity index (χ1v) is 9.51. The number of nitrogens with one attached hydrogen (secondary N) is 3. The number of alkyl halides is 3. The minimum atomic E-state index is -4.36. The first-order valence-electron chi connectivity index (χ1n) is 9.10. The van der Waals surface area contributed by atoms with Crippen molar-refractivity contribution in [3.05, 3.63) is 78.4 Å². The molecule has 0 bridgehead atoms. The van der Waals surface area contributed by atoms with Gasteiger partial charge < -0.3 is 20.7 Å². The lowest BCUT2D eigenvalue weighted by Crippen LogP contribution is -2.16. The lowest BCUT2D eigenvalue weighted by Gasteiger charge is -2.12. The summed E-state index contributed by atoms with van der Waals surface area (Å²) in [5.74, 6) is 0.342. The van der Waals surface area contributed by atoms with E-state index in [9.17, 15) is 18.0 Å². The third-order valence-electron chi connectivity index (χ3n) is 4.02. The number of hydrogen-bond acceptors (Lipinski definition) is 4. The maximum Gasteiger partial charge on any atom is 0.416 e. The van der Waals surface area contributed by atoms with Crippen molar-refractivity contribution in [2.24, 2.45) is 0 Å². The van der Waals surface area contributed by atoms with E-state index in [0.717, 1.165) is 12.1 Å². The zero-order chi connectivity index (χ0) is 22.4. The Balaban J connectivity index is 1.54. The van der Waals surface area contributed by atoms with Crippen LogP contribution in [0.3, 0.4) is 0 Å². The van der Waals surface area contributed by atoms with E-state index in [1.165, 1.54) is 19.1 Å². The molecule has 0 unspecified atom stereocenters. The summed E-state index contributed by atoms with van der Waals surface area (Å²) in [7, 11) is 0. The van der Waals surface area contributed by atoms with E-state index in [0.29, 0.717) is 28.5 Å². The number of thiocarbonyl (C=S) groups is 1. The molecule has 3 rings (SSSR count). The molecule has 0 aromatic heterocycles. The van der Waals surface area contributed by atoms with Crippen LogP contribution in [0.5, 0.6) is 5.75 Å². The van der Waals surface area contributed by atoms with Crippen LogP contribution >= 0.6 is 12.2 Å². The van der Waals surface area contributed by atoms with Crippen molar-refractivity contribution in [2.75, 3.05) is 16.0 Å². The molecule has 0 fully saturated rings. The summed E-state index contributed by atoms with van der Waals surface area (Å²) in [5.41, 5.74) is 1.87. The highest BCUT2D eigenvalue weighted by Crippen LogP contribution is 2.30. The standard InChI is InChI=1S/C22H18F3N3O2S/c1-14(29)26-16-10-12-20(13-11-16)30-21(31)28-19-8-6-18(7-9-19)27-17-4-2-15(3-5-17)22(23,24)25/h2-13,27H,1H3,(H,26,29)(H,28,31). The SMILES string of the molecule is CC(=O)Nc1ccc(OC(=S)Nc2ccc(Nc3ccc(C(F)(F)F)cc3)cc2)cc1. The fourth-order valence-corrected chi connectivity index (χ4v) is 2.82. The highest BCUT2D eigenvalue weighted by molar-refractivity contribution is 7.80. The average molecular weight is 445 g/mol. The third kappa shape index (κ3) is 6.71. The number of carbonyl (C=O) groups excluding carboxylic acids is 1. The molecular weight excluding hydrogens is 427 g/mol. The molecule has 0 atom stereocenters. The molecule has 0 heterocycles. The Morgan fingerprint density at radius 2 is 1.23 bits per heavy atom. The van der Waals surface area contributed by atoms with Gasteiger partial charge in [-0.25, -0.2) is 0 Å². The Kier molecular flexibility index (Phi) is 6.76. The normalized spacial score (nSPS) is 10.8. The topological polar surface area (TPSA) is 62.4 Å². The Morgan fingerprint density at radius 1 is 0.774 bits per heavy atom. The van der Waals surface area contributed by atoms with E-state index in [2.05, 4.69) is 16.0 Å². The summed E-state index contributed by atoms with van der Waals surface area (Å²) in [5, 5.41) is 8.76. The summed E-state index contributed by atoms with van der Waals surface area (Å²) < 4.78 is 43.4. The summed E-state index contributed by atoms with van der Waals surface area (Å²) in [6, 6.07) is 18.5. The second-order valence-corrected chi connectivity index (χ2v) is 6.87. The van der Waals surface area contributed by atoms with Crippen molar-refractivity contribution >= 4 is 46.0 Å². The summed E-state index contributed by atoms with van der Waals surface area (Å²) in [4.78, 5) is 11.0. The third-order valence-corrected chi connectivity index (χ3v) is 4.20. The van der Waals surface area contributed by atoms with Crippen molar-refractivity contribution in [3.63, 3.8) is 0 Å². The van der Waals surface area contributed by atoms with Crippen LogP contribution in [0.1, 0.15) is 12.5 Å². The van der Waals surface area contributed by atoms with Gasteiger partial charge in [-0.1, -0.05) is 0 Å². The Labute approximate surface area is 182 Å². The van der Waals surface area contributed by atoms with Crippen LogP contribution in [0.25, 0.3) is 0 Å². The van der Waals surface area contributed by atoms with Crippen LogP contribution in [0.15, 0.2) is 72.8 Å². The number of amides is 1. The molecule has 0 radical (unpaired) electrons. The fraction of sp³-hybridized carbons (Fsp3) is 0.0909. The average Bonchev–Trinajstić information content (AvgIpc) is 2.70. The number of carbonyl (C=O) groups is 1. The maximum atomic E-state index is 12.6. The number of anilines is 4. The van der Waals surface area contributed by atoms with E-state index >= 15 is 0 Å². The quantitative estimate of drug-likeness (QED) is 0.409. The smallest absolute Gasteiger partial charge is 0.416 e. The Hall–Kier alpha value is -3.59. The zero-order valence-electron chi connectivity index (χ0n) is 16.3. The minimum Gasteiger partial charge on any atom is -0.432 e. The van der Waals surface area contributed by atoms with Gasteiger partial charge in [0.25, 0.3) is 5.17 Å². The molecule has 0 spiro atoms. The molecule has 0 saturated carbocycles. The minimum absolute atomic E-state index is 0.135. The molecule has 0 saturated heterocycles. The number of rotatable bonds is 5. The van der Waals surface area contributed by atoms with E-state index in [1.807, 2.05) is 0 Å². The van der Waals surface area contributed by atoms with Gasteiger partial charge in [0.2, 0.25) is 5.91 Å². The maximum absolute atomic E-state index is 12.6. The monoisotopic (exact) mass is 445 g/mol. The molecule has 3 aromatic carbocycles. The van der Waals surface area contributed by atoms with Gasteiger partial charge in [-0.15, -0.1) is 0 Å². The largest absolute Gasteiger partial charge is 0.432 e. The lowest BCUT2D eigenvalue weighted by atomic mass is 10.2. The zero-order valence-corrected chi connectivity index (χ0v) is 17.1. The summed E-state index contributed by atoms with van der Waals surface area (Å²) >= 11 is 5.19. The van der Waals surface area contributed by atoms with Crippen LogP contribution in [0.2, 0.25) is 0 Å². The van der Waals surface area contributed by atoms with Gasteiger partial charge in [-0.2, -0.15) is 13.2 Å². The predicted octanol–water partition coefficient (Wildman–Crippen LogP) is 6.18. The first kappa shape index (κ1) is 22.1. The van der Waals surface area contributed by atoms with Crippen LogP contribution in [-0.2, 0) is 11.0 Å². The van der Waals surface area contributed by atoms with Crippen molar-refractivity contribution in [1.82, 2.24) is 0 Å². The van der Waals surface area contributed by atoms with E-state index in [4.69, 9.17) is 17.0 Å². The molecule has 5 nitrogen and oxygen atoms in total. The van der Waals surface area contributed by atoms with Crippen LogP contribution in [-0.4, -0.2) is 11.1 Å². The molecular formula is C22H18F3N3O2S. The van der Waals surface area contributed by atoms with E-state index in [1.54, 1.807) is 48.5 Å². The van der Waals surface area contributed by atoms with Crippen LogP contribution in [0.4, 0.5) is 35.9 Å². The molecule has 0 aliphatic rings. The van der Waals surface area contributed by atoms with Gasteiger partial charge in [0.05, 0.1) is 5.56 Å². The second kappa shape index (κ2) is 9.48. The highest BCUT2D eigenvalue weighted by atomic mass is 32.1. The number of benzene rings is 3. The van der Waals surface area contributed by atoms with E-state index in [-0.39, 0.29) is 11.1 Å². The van der Waals surface area contributed by atoms with Gasteiger partial charge in [-0.05, 0) is 85.0 Å². The first-order chi connectivity index (χ1) is 14.7. The van der Waals surface area contributed by atoms with Gasteiger partial charge >= 0.3 is 6.18 Å². The Morgan fingerprint density at radius 3 is 1.74 bits per heavy atom. The number of hydrogen-bond donors (Lipinski definition) is 3. The lowest BCUT2D eigenvalue weighted by molar-refractivity contribution is -0.137. The second-order valence-electron chi connectivity index (χ2n) is 6.50. The van der Waals surface area contributed by atoms with E-state index < -0.39 is 11.7 Å². The van der Waals surface area contributed by atoms with Crippen LogP contribution in [0, 0.1) is 0 Å². The van der Waals surface area contributed by atoms with Crippen molar-refractivity contribution < 1.29 is 22.7 Å². The molecule has 3 aromatic rings. The van der Waals surface area contributed by atoms with Gasteiger partial charge in [0.15, 0.2) is 0 Å². The molecule has 0 aliphatic heterocycles. The van der Waals surface area contributed by atoms with Gasteiger partial charge in [0.1, 0.15) is 5.75 Å². The molecule has 31 heavy (non-hydrogen) atoms. The van der Waals surface area contributed by atoms with Gasteiger partial charge in [0, 0.05) is 29.7 Å². The summed E-state index contributed by atoms with van der Waals surface area (Å²) in [6.07, 6.45) is -4.36. The molecule has 9 heteroatoms. The van der Waals surface area contributed by atoms with Crippen LogP contribution < -0.4 is 20.7 Å². The highest BCUT2D eigenvalue weighted by Gasteiger charge is 2.29. The molecule has 160 valence electrons. The number of halogens is 3. The predicted molar refractivity (Wildman–Crippen MR) is 119 cm³/mol. The van der Waals surface area contributed by atoms with Crippen molar-refractivity contribution in [2.45, 2.75) is 13.1 Å². The molecule has 3 N–H and O–H groups in total. The van der Waals surface area contributed by atoms with Crippen molar-refractivity contribution in [1.29, 1.82) is 0 Å². The number of ether oxygens (including phenoxy) is 1. The Bertz CT molecular complexity index is 1050. The van der Waals surface area contributed by atoms with Gasteiger partial charge in [-0.3, -0.25) is 4.79 Å². The van der Waals surface area contributed by atoms with Crippen molar-refractivity contribution in [3.8, 4) is 5.75 Å². The summed E-state index contributed by atoms with van der Waals surface area (Å²) in [6.45, 7) is 1.42. The fourth-order valence-electron chi connectivity index (χ4n) is 2.61. The molecule has 0 aliphatic carbocycles.